The molecule has 4 rings (SSSR count). The van der Waals surface area contributed by atoms with Crippen LogP contribution in [-0.4, -0.2) is 29.9 Å². The molecule has 7 heteroatoms. The van der Waals surface area contributed by atoms with Crippen LogP contribution >= 0.6 is 0 Å². The Hall–Kier alpha value is -2.96. The molecule has 1 heterocycles. The average molecular weight is 399 g/mol. The SMILES string of the molecule is O=C(Nc1cccc(N2CCCN(Cc3ccc(F)c(F)c3)C2=O)c1)C1CCC1. The number of carbonyl (C=O) groups is 2. The molecule has 2 aromatic rings. The second kappa shape index (κ2) is 8.19. The predicted molar refractivity (Wildman–Crippen MR) is 107 cm³/mol. The van der Waals surface area contributed by atoms with Gasteiger partial charge in [0.2, 0.25) is 5.91 Å². The number of carbonyl (C=O) groups excluding carboxylic acids is 2. The van der Waals surface area contributed by atoms with Gasteiger partial charge in [-0.2, -0.15) is 0 Å². The Labute approximate surface area is 168 Å². The lowest BCUT2D eigenvalue weighted by Gasteiger charge is -2.36. The molecule has 0 spiro atoms. The maximum atomic E-state index is 13.5. The Kier molecular flexibility index (Phi) is 5.47. The van der Waals surface area contributed by atoms with Gasteiger partial charge in [0.05, 0.1) is 0 Å². The number of urea groups is 1. The van der Waals surface area contributed by atoms with Gasteiger partial charge < -0.3 is 10.2 Å². The van der Waals surface area contributed by atoms with Crippen molar-refractivity contribution >= 4 is 23.3 Å². The van der Waals surface area contributed by atoms with Gasteiger partial charge in [0.25, 0.3) is 0 Å². The lowest BCUT2D eigenvalue weighted by atomic mass is 9.85. The highest BCUT2D eigenvalue weighted by Gasteiger charge is 2.28. The summed E-state index contributed by atoms with van der Waals surface area (Å²) in [6.45, 7) is 1.32. The van der Waals surface area contributed by atoms with E-state index >= 15 is 0 Å². The number of benzene rings is 2. The Balaban J connectivity index is 1.46. The fraction of sp³-hybridized carbons (Fsp3) is 0.364. The fourth-order valence-electron chi connectivity index (χ4n) is 3.69. The number of halogens is 2. The first kappa shape index (κ1) is 19.4. The molecule has 1 saturated heterocycles. The number of hydrogen-bond donors (Lipinski definition) is 1. The van der Waals surface area contributed by atoms with Crippen LogP contribution in [0.5, 0.6) is 0 Å². The first-order valence-corrected chi connectivity index (χ1v) is 9.92. The number of amides is 3. The summed E-state index contributed by atoms with van der Waals surface area (Å²) in [4.78, 5) is 28.4. The van der Waals surface area contributed by atoms with Crippen LogP contribution < -0.4 is 10.2 Å². The first-order chi connectivity index (χ1) is 14.0. The second-order valence-electron chi connectivity index (χ2n) is 7.63. The predicted octanol–water partition coefficient (Wildman–Crippen LogP) is 4.54. The zero-order chi connectivity index (χ0) is 20.4. The van der Waals surface area contributed by atoms with E-state index in [9.17, 15) is 18.4 Å². The Morgan fingerprint density at radius 3 is 2.59 bits per heavy atom. The molecule has 0 aromatic heterocycles. The summed E-state index contributed by atoms with van der Waals surface area (Å²) in [7, 11) is 0. The van der Waals surface area contributed by atoms with E-state index in [2.05, 4.69) is 5.32 Å². The number of anilines is 2. The van der Waals surface area contributed by atoms with Crippen LogP contribution in [0.4, 0.5) is 25.0 Å². The molecule has 0 bridgehead atoms. The Morgan fingerprint density at radius 2 is 1.86 bits per heavy atom. The van der Waals surface area contributed by atoms with E-state index < -0.39 is 11.6 Å². The molecule has 0 radical (unpaired) electrons. The monoisotopic (exact) mass is 399 g/mol. The van der Waals surface area contributed by atoms with Crippen molar-refractivity contribution in [2.24, 2.45) is 5.92 Å². The summed E-state index contributed by atoms with van der Waals surface area (Å²) in [5.41, 5.74) is 1.92. The van der Waals surface area contributed by atoms with Crippen LogP contribution in [0.25, 0.3) is 0 Å². The highest BCUT2D eigenvalue weighted by molar-refractivity contribution is 5.96. The van der Waals surface area contributed by atoms with E-state index in [4.69, 9.17) is 0 Å². The Morgan fingerprint density at radius 1 is 1.03 bits per heavy atom. The van der Waals surface area contributed by atoms with Gasteiger partial charge in [-0.3, -0.25) is 9.69 Å². The smallest absolute Gasteiger partial charge is 0.324 e. The molecule has 2 fully saturated rings. The fourth-order valence-corrected chi connectivity index (χ4v) is 3.69. The van der Waals surface area contributed by atoms with Gasteiger partial charge in [0.15, 0.2) is 11.6 Å². The largest absolute Gasteiger partial charge is 0.326 e. The van der Waals surface area contributed by atoms with Crippen molar-refractivity contribution in [1.82, 2.24) is 4.90 Å². The number of nitrogens with zero attached hydrogens (tertiary/aromatic N) is 2. The molecule has 1 saturated carbocycles. The minimum Gasteiger partial charge on any atom is -0.326 e. The van der Waals surface area contributed by atoms with E-state index in [1.165, 1.54) is 6.07 Å². The van der Waals surface area contributed by atoms with Gasteiger partial charge in [-0.1, -0.05) is 18.6 Å². The van der Waals surface area contributed by atoms with Crippen LogP contribution in [0.1, 0.15) is 31.2 Å². The maximum Gasteiger partial charge on any atom is 0.324 e. The summed E-state index contributed by atoms with van der Waals surface area (Å²) in [5, 5.41) is 2.93. The second-order valence-corrected chi connectivity index (χ2v) is 7.63. The summed E-state index contributed by atoms with van der Waals surface area (Å²) in [5.74, 6) is -1.71. The van der Waals surface area contributed by atoms with Crippen LogP contribution in [-0.2, 0) is 11.3 Å². The van der Waals surface area contributed by atoms with Crippen molar-refractivity contribution in [3.8, 4) is 0 Å². The third-order valence-corrected chi connectivity index (χ3v) is 5.57. The van der Waals surface area contributed by atoms with Gasteiger partial charge in [-0.25, -0.2) is 13.6 Å². The third-order valence-electron chi connectivity index (χ3n) is 5.57. The molecular weight excluding hydrogens is 376 g/mol. The van der Waals surface area contributed by atoms with Gasteiger partial charge >= 0.3 is 6.03 Å². The molecule has 152 valence electrons. The molecule has 2 aromatic carbocycles. The Bertz CT molecular complexity index is 930. The van der Waals surface area contributed by atoms with E-state index in [0.29, 0.717) is 30.0 Å². The number of hydrogen-bond acceptors (Lipinski definition) is 2. The molecule has 1 aliphatic carbocycles. The maximum absolute atomic E-state index is 13.5. The van der Waals surface area contributed by atoms with Crippen molar-refractivity contribution in [2.45, 2.75) is 32.2 Å². The minimum absolute atomic E-state index is 0.0262. The number of rotatable bonds is 5. The normalized spacial score (nSPS) is 17.2. The van der Waals surface area contributed by atoms with Gasteiger partial charge in [-0.15, -0.1) is 0 Å². The van der Waals surface area contributed by atoms with Crippen LogP contribution in [0.2, 0.25) is 0 Å². The summed E-state index contributed by atoms with van der Waals surface area (Å²) < 4.78 is 26.6. The topological polar surface area (TPSA) is 52.7 Å². The lowest BCUT2D eigenvalue weighted by molar-refractivity contribution is -0.122. The molecule has 2 aliphatic rings. The highest BCUT2D eigenvalue weighted by Crippen LogP contribution is 2.29. The van der Waals surface area contributed by atoms with Gasteiger partial charge in [0, 0.05) is 36.9 Å². The average Bonchev–Trinajstić information content (AvgIpc) is 2.65. The summed E-state index contributed by atoms with van der Waals surface area (Å²) in [6, 6.07) is 10.8. The van der Waals surface area contributed by atoms with Crippen molar-refractivity contribution in [3.05, 3.63) is 59.7 Å². The van der Waals surface area contributed by atoms with E-state index in [1.54, 1.807) is 15.9 Å². The molecule has 5 nitrogen and oxygen atoms in total. The molecule has 1 aliphatic heterocycles. The van der Waals surface area contributed by atoms with Gasteiger partial charge in [0.1, 0.15) is 0 Å². The summed E-state index contributed by atoms with van der Waals surface area (Å²) >= 11 is 0. The summed E-state index contributed by atoms with van der Waals surface area (Å²) in [6.07, 6.45) is 3.70. The number of nitrogens with one attached hydrogen (secondary N) is 1. The molecule has 0 unspecified atom stereocenters. The standard InChI is InChI=1S/C22H23F2N3O2/c23-19-9-8-15(12-20(19)24)14-26-10-3-11-27(22(26)29)18-7-2-6-17(13-18)25-21(28)16-4-1-5-16/h2,6-9,12-13,16H,1,3-5,10-11,14H2,(H,25,28). The van der Waals surface area contributed by atoms with E-state index in [0.717, 1.165) is 37.8 Å². The van der Waals surface area contributed by atoms with Crippen LogP contribution in [0, 0.1) is 17.6 Å². The van der Waals surface area contributed by atoms with E-state index in [-0.39, 0.29) is 24.4 Å². The quantitative estimate of drug-likeness (QED) is 0.803. The van der Waals surface area contributed by atoms with Crippen molar-refractivity contribution in [3.63, 3.8) is 0 Å². The molecule has 0 atom stereocenters. The van der Waals surface area contributed by atoms with Crippen molar-refractivity contribution in [1.29, 1.82) is 0 Å². The van der Waals surface area contributed by atoms with Crippen molar-refractivity contribution < 1.29 is 18.4 Å². The molecule has 1 N–H and O–H groups in total. The zero-order valence-corrected chi connectivity index (χ0v) is 16.0. The van der Waals surface area contributed by atoms with Crippen LogP contribution in [0.3, 0.4) is 0 Å². The molecule has 3 amide bonds. The molecular formula is C22H23F2N3O2. The highest BCUT2D eigenvalue weighted by atomic mass is 19.2. The first-order valence-electron chi connectivity index (χ1n) is 9.92. The minimum atomic E-state index is -0.918. The van der Waals surface area contributed by atoms with E-state index in [1.807, 2.05) is 18.2 Å². The van der Waals surface area contributed by atoms with Gasteiger partial charge in [-0.05, 0) is 55.2 Å². The van der Waals surface area contributed by atoms with Crippen LogP contribution in [0.15, 0.2) is 42.5 Å². The molecule has 29 heavy (non-hydrogen) atoms. The lowest BCUT2D eigenvalue weighted by Crippen LogP contribution is -2.49. The third kappa shape index (κ3) is 4.23. The van der Waals surface area contributed by atoms with Crippen molar-refractivity contribution in [2.75, 3.05) is 23.3 Å². The zero-order valence-electron chi connectivity index (χ0n) is 16.0.